The van der Waals surface area contributed by atoms with E-state index in [1.165, 1.54) is 0 Å². The number of hydrogen-bond acceptors (Lipinski definition) is 2. The molecule has 1 atom stereocenters. The van der Waals surface area contributed by atoms with E-state index in [9.17, 15) is 4.79 Å². The quantitative estimate of drug-likeness (QED) is 0.496. The zero-order valence-corrected chi connectivity index (χ0v) is 5.52. The minimum Gasteiger partial charge on any atom is -0.376 e. The Hall–Kier alpha value is -0.570. The van der Waals surface area contributed by atoms with Crippen LogP contribution < -0.4 is 5.32 Å². The largest absolute Gasteiger partial charge is 0.376 e. The molecule has 0 radical (unpaired) electrons. The maximum atomic E-state index is 10.6. The summed E-state index contributed by atoms with van der Waals surface area (Å²) in [5.74, 6) is 0.0966. The number of ether oxygens (including phenoxy) is 1. The van der Waals surface area contributed by atoms with Crippen molar-refractivity contribution in [3.8, 4) is 0 Å². The summed E-state index contributed by atoms with van der Waals surface area (Å²) in [6.45, 7) is 3.16. The Bertz CT molecular complexity index is 114. The van der Waals surface area contributed by atoms with Crippen LogP contribution in [0.5, 0.6) is 0 Å². The third-order valence-corrected chi connectivity index (χ3v) is 1.32. The molecule has 1 saturated heterocycles. The van der Waals surface area contributed by atoms with Crippen molar-refractivity contribution < 1.29 is 9.53 Å². The van der Waals surface area contributed by atoms with Crippen molar-refractivity contribution in [2.45, 2.75) is 19.4 Å². The smallest absolute Gasteiger partial charge is 0.222 e. The van der Waals surface area contributed by atoms with Gasteiger partial charge >= 0.3 is 0 Å². The number of hydrogen-bond donors (Lipinski definition) is 1. The monoisotopic (exact) mass is 129 g/mol. The third kappa shape index (κ3) is 2.01. The Morgan fingerprint density at radius 1 is 1.78 bits per heavy atom. The van der Waals surface area contributed by atoms with E-state index < -0.39 is 0 Å². The summed E-state index contributed by atoms with van der Waals surface area (Å²) in [5.41, 5.74) is 0. The molecular weight excluding hydrogens is 118 g/mol. The van der Waals surface area contributed by atoms with E-state index in [2.05, 4.69) is 5.32 Å². The first-order chi connectivity index (χ1) is 4.29. The molecule has 1 amide bonds. The molecular formula is C6H11NO2. The summed E-state index contributed by atoms with van der Waals surface area (Å²) in [5, 5.41) is 2.73. The minimum absolute atomic E-state index is 0.0966. The first kappa shape index (κ1) is 6.55. The van der Waals surface area contributed by atoms with Crippen LogP contribution >= 0.6 is 0 Å². The first-order valence-corrected chi connectivity index (χ1v) is 3.17. The van der Waals surface area contributed by atoms with Gasteiger partial charge in [0.2, 0.25) is 5.91 Å². The van der Waals surface area contributed by atoms with Gasteiger partial charge in [-0.3, -0.25) is 4.79 Å². The molecule has 0 saturated carbocycles. The highest BCUT2D eigenvalue weighted by atomic mass is 16.5. The maximum absolute atomic E-state index is 10.6. The van der Waals surface area contributed by atoms with Gasteiger partial charge < -0.3 is 10.1 Å². The Labute approximate surface area is 54.4 Å². The van der Waals surface area contributed by atoms with Crippen molar-refractivity contribution in [2.75, 3.05) is 13.2 Å². The van der Waals surface area contributed by atoms with E-state index in [1.54, 1.807) is 0 Å². The average molecular weight is 129 g/mol. The van der Waals surface area contributed by atoms with Crippen LogP contribution in [-0.4, -0.2) is 25.2 Å². The lowest BCUT2D eigenvalue weighted by molar-refractivity contribution is -0.120. The third-order valence-electron chi connectivity index (χ3n) is 1.32. The molecule has 1 aliphatic heterocycles. The minimum atomic E-state index is 0.0966. The summed E-state index contributed by atoms with van der Waals surface area (Å²) in [7, 11) is 0. The second-order valence-corrected chi connectivity index (χ2v) is 2.24. The molecule has 0 aromatic carbocycles. The van der Waals surface area contributed by atoms with Crippen LogP contribution in [0, 0.1) is 0 Å². The van der Waals surface area contributed by atoms with Crippen LogP contribution in [-0.2, 0) is 9.53 Å². The second kappa shape index (κ2) is 2.82. The van der Waals surface area contributed by atoms with Crippen LogP contribution in [0.25, 0.3) is 0 Å². The standard InChI is InChI=1S/C6H11NO2/c1-5-4-7-6(8)2-3-9-5/h5H,2-4H2,1H3,(H,7,8)/t5-/m1/s1. The van der Waals surface area contributed by atoms with Crippen molar-refractivity contribution in [1.82, 2.24) is 5.32 Å². The van der Waals surface area contributed by atoms with Gasteiger partial charge in [-0.05, 0) is 6.92 Å². The topological polar surface area (TPSA) is 38.3 Å². The summed E-state index contributed by atoms with van der Waals surface area (Å²) in [4.78, 5) is 10.6. The fourth-order valence-corrected chi connectivity index (χ4v) is 0.758. The highest BCUT2D eigenvalue weighted by molar-refractivity contribution is 5.76. The van der Waals surface area contributed by atoms with Gasteiger partial charge in [-0.15, -0.1) is 0 Å². The Morgan fingerprint density at radius 2 is 2.56 bits per heavy atom. The van der Waals surface area contributed by atoms with Crippen molar-refractivity contribution in [2.24, 2.45) is 0 Å². The SMILES string of the molecule is C[C@@H]1CNC(=O)CCO1. The molecule has 52 valence electrons. The predicted molar refractivity (Wildman–Crippen MR) is 33.0 cm³/mol. The van der Waals surface area contributed by atoms with Crippen LogP contribution in [0.3, 0.4) is 0 Å². The zero-order chi connectivity index (χ0) is 6.69. The molecule has 3 nitrogen and oxygen atoms in total. The fraction of sp³-hybridized carbons (Fsp3) is 0.833. The molecule has 1 N–H and O–H groups in total. The zero-order valence-electron chi connectivity index (χ0n) is 5.52. The lowest BCUT2D eigenvalue weighted by Gasteiger charge is -2.05. The number of rotatable bonds is 0. The second-order valence-electron chi connectivity index (χ2n) is 2.24. The van der Waals surface area contributed by atoms with Crippen LogP contribution in [0.4, 0.5) is 0 Å². The van der Waals surface area contributed by atoms with Crippen LogP contribution in [0.2, 0.25) is 0 Å². The molecule has 1 aliphatic rings. The summed E-state index contributed by atoms with van der Waals surface area (Å²) < 4.78 is 5.19. The Morgan fingerprint density at radius 3 is 3.33 bits per heavy atom. The van der Waals surface area contributed by atoms with E-state index >= 15 is 0 Å². The average Bonchev–Trinajstić information content (AvgIpc) is 1.97. The normalized spacial score (nSPS) is 29.0. The summed E-state index contributed by atoms with van der Waals surface area (Å²) >= 11 is 0. The molecule has 0 spiro atoms. The highest BCUT2D eigenvalue weighted by Gasteiger charge is 2.10. The van der Waals surface area contributed by atoms with Gasteiger partial charge in [-0.1, -0.05) is 0 Å². The molecule has 9 heavy (non-hydrogen) atoms. The highest BCUT2D eigenvalue weighted by Crippen LogP contribution is 1.95. The van der Waals surface area contributed by atoms with E-state index in [4.69, 9.17) is 4.74 Å². The van der Waals surface area contributed by atoms with Gasteiger partial charge in [0.05, 0.1) is 12.7 Å². The first-order valence-electron chi connectivity index (χ1n) is 3.17. The number of nitrogens with one attached hydrogen (secondary N) is 1. The molecule has 0 bridgehead atoms. The van der Waals surface area contributed by atoms with Crippen LogP contribution in [0.1, 0.15) is 13.3 Å². The van der Waals surface area contributed by atoms with Gasteiger partial charge in [-0.2, -0.15) is 0 Å². The fourth-order valence-electron chi connectivity index (χ4n) is 0.758. The number of carbonyl (C=O) groups is 1. The Kier molecular flexibility index (Phi) is 2.05. The van der Waals surface area contributed by atoms with Gasteiger partial charge in [0.25, 0.3) is 0 Å². The van der Waals surface area contributed by atoms with E-state index in [0.717, 1.165) is 0 Å². The molecule has 0 aliphatic carbocycles. The molecule has 3 heteroatoms. The number of carbonyl (C=O) groups excluding carboxylic acids is 1. The van der Waals surface area contributed by atoms with Crippen molar-refractivity contribution in [3.05, 3.63) is 0 Å². The van der Waals surface area contributed by atoms with E-state index in [0.29, 0.717) is 19.6 Å². The Balaban J connectivity index is 2.34. The summed E-state index contributed by atoms with van der Waals surface area (Å²) in [6.07, 6.45) is 0.682. The van der Waals surface area contributed by atoms with E-state index in [1.807, 2.05) is 6.92 Å². The maximum Gasteiger partial charge on any atom is 0.222 e. The van der Waals surface area contributed by atoms with Gasteiger partial charge in [0.15, 0.2) is 0 Å². The molecule has 1 rings (SSSR count). The molecule has 1 heterocycles. The van der Waals surface area contributed by atoms with E-state index in [-0.39, 0.29) is 12.0 Å². The molecule has 1 fully saturated rings. The molecule has 0 unspecified atom stereocenters. The lowest BCUT2D eigenvalue weighted by Crippen LogP contribution is -2.27. The number of amides is 1. The van der Waals surface area contributed by atoms with Crippen molar-refractivity contribution in [1.29, 1.82) is 0 Å². The van der Waals surface area contributed by atoms with Crippen LogP contribution in [0.15, 0.2) is 0 Å². The van der Waals surface area contributed by atoms with Gasteiger partial charge in [0, 0.05) is 13.0 Å². The van der Waals surface area contributed by atoms with Crippen molar-refractivity contribution in [3.63, 3.8) is 0 Å². The van der Waals surface area contributed by atoms with Gasteiger partial charge in [0.1, 0.15) is 0 Å². The summed E-state index contributed by atoms with van der Waals surface area (Å²) in [6, 6.07) is 0. The van der Waals surface area contributed by atoms with Gasteiger partial charge in [-0.25, -0.2) is 0 Å². The lowest BCUT2D eigenvalue weighted by atomic mass is 10.4. The predicted octanol–water partition coefficient (Wildman–Crippen LogP) is -0.0886. The molecule has 0 aromatic heterocycles. The van der Waals surface area contributed by atoms with Crippen molar-refractivity contribution >= 4 is 5.91 Å². The molecule has 0 aromatic rings.